The fraction of sp³-hybridized carbons (Fsp3) is 0.348. The fourth-order valence-electron chi connectivity index (χ4n) is 4.05. The van der Waals surface area contributed by atoms with Gasteiger partial charge in [0.1, 0.15) is 11.6 Å². The van der Waals surface area contributed by atoms with Crippen molar-refractivity contribution in [3.63, 3.8) is 0 Å². The van der Waals surface area contributed by atoms with E-state index in [1.807, 2.05) is 0 Å². The zero-order valence-electron chi connectivity index (χ0n) is 17.8. The summed E-state index contributed by atoms with van der Waals surface area (Å²) >= 11 is 0. The lowest BCUT2D eigenvalue weighted by Gasteiger charge is -2.38. The minimum Gasteiger partial charge on any atom is -0.496 e. The Balaban J connectivity index is 1.99. The molecule has 32 heavy (non-hydrogen) atoms. The first-order valence-electron chi connectivity index (χ1n) is 9.80. The summed E-state index contributed by atoms with van der Waals surface area (Å²) in [5, 5.41) is 11.4. The van der Waals surface area contributed by atoms with Gasteiger partial charge in [0, 0.05) is 28.8 Å². The van der Waals surface area contributed by atoms with Crippen molar-refractivity contribution in [3.8, 4) is 5.75 Å². The lowest BCUT2D eigenvalue weighted by atomic mass is 9.73. The van der Waals surface area contributed by atoms with Crippen LogP contribution in [0.25, 0.3) is 10.9 Å². The highest BCUT2D eigenvalue weighted by molar-refractivity contribution is 5.97. The number of nitrogens with one attached hydrogen (secondary N) is 1. The van der Waals surface area contributed by atoms with Crippen LogP contribution in [-0.2, 0) is 11.8 Å². The number of aliphatic hydroxyl groups is 1. The molecule has 1 unspecified atom stereocenters. The number of hydrogen-bond acceptors (Lipinski definition) is 3. The molecule has 172 valence electrons. The monoisotopic (exact) mass is 452 g/mol. The topological polar surface area (TPSA) is 88.3 Å². The van der Waals surface area contributed by atoms with Crippen LogP contribution in [0, 0.1) is 5.82 Å². The first-order valence-corrected chi connectivity index (χ1v) is 9.80. The number of methoxy groups -OCH3 is 1. The summed E-state index contributed by atoms with van der Waals surface area (Å²) in [6, 6.07) is 9.55. The molecule has 0 bridgehead atoms. The molecule has 0 aliphatic carbocycles. The van der Waals surface area contributed by atoms with Gasteiger partial charge in [-0.1, -0.05) is 19.9 Å². The number of amides is 1. The lowest BCUT2D eigenvalue weighted by Crippen LogP contribution is -2.51. The van der Waals surface area contributed by atoms with E-state index in [1.165, 1.54) is 45.2 Å². The van der Waals surface area contributed by atoms with Gasteiger partial charge in [-0.25, -0.2) is 4.39 Å². The van der Waals surface area contributed by atoms with Crippen LogP contribution in [-0.4, -0.2) is 34.9 Å². The third-order valence-corrected chi connectivity index (χ3v) is 5.60. The number of hydrogen-bond donors (Lipinski definition) is 3. The number of fused-ring (bicyclic) bond motifs is 1. The van der Waals surface area contributed by atoms with E-state index < -0.39 is 41.8 Å². The number of aromatic amines is 1. The zero-order valence-corrected chi connectivity index (χ0v) is 17.8. The van der Waals surface area contributed by atoms with Crippen LogP contribution in [0.15, 0.2) is 42.5 Å². The van der Waals surface area contributed by atoms with Gasteiger partial charge < -0.3 is 20.6 Å². The summed E-state index contributed by atoms with van der Waals surface area (Å²) in [6.45, 7) is 2.98. The average molecular weight is 452 g/mol. The van der Waals surface area contributed by atoms with E-state index in [4.69, 9.17) is 10.5 Å². The van der Waals surface area contributed by atoms with Crippen molar-refractivity contribution >= 4 is 16.8 Å². The number of aromatic nitrogens is 1. The highest BCUT2D eigenvalue weighted by atomic mass is 19.4. The maximum absolute atomic E-state index is 14.1. The number of carbonyl (C=O) groups is 1. The van der Waals surface area contributed by atoms with E-state index in [-0.39, 0.29) is 22.6 Å². The molecule has 9 heteroatoms. The Kier molecular flexibility index (Phi) is 5.99. The van der Waals surface area contributed by atoms with Crippen LogP contribution in [0.5, 0.6) is 5.75 Å². The van der Waals surface area contributed by atoms with E-state index in [0.29, 0.717) is 10.9 Å². The van der Waals surface area contributed by atoms with Crippen molar-refractivity contribution < 1.29 is 32.2 Å². The maximum Gasteiger partial charge on any atom is 0.417 e. The van der Waals surface area contributed by atoms with Gasteiger partial charge >= 0.3 is 6.18 Å². The number of rotatable bonds is 7. The quantitative estimate of drug-likeness (QED) is 0.457. The van der Waals surface area contributed by atoms with Gasteiger partial charge in [-0.15, -0.1) is 0 Å². The number of alkyl halides is 3. The third kappa shape index (κ3) is 4.57. The van der Waals surface area contributed by atoms with E-state index in [0.717, 1.165) is 12.1 Å². The molecule has 0 saturated carbocycles. The van der Waals surface area contributed by atoms with Crippen molar-refractivity contribution in [1.29, 1.82) is 0 Å². The Morgan fingerprint density at radius 2 is 1.81 bits per heavy atom. The Morgan fingerprint density at radius 3 is 2.41 bits per heavy atom. The molecule has 3 rings (SSSR count). The SMILES string of the molecule is COc1ccc(F)cc1C(C)(C)CC(O)(Cc1cc2ccc(C(N)=O)cc2[nH]1)C(F)(F)F. The lowest BCUT2D eigenvalue weighted by molar-refractivity contribution is -0.266. The third-order valence-electron chi connectivity index (χ3n) is 5.60. The zero-order chi connectivity index (χ0) is 23.9. The van der Waals surface area contributed by atoms with Gasteiger partial charge in [0.05, 0.1) is 7.11 Å². The molecule has 5 nitrogen and oxygen atoms in total. The molecule has 2 aromatic carbocycles. The summed E-state index contributed by atoms with van der Waals surface area (Å²) in [4.78, 5) is 14.2. The molecule has 0 aliphatic heterocycles. The van der Waals surface area contributed by atoms with Gasteiger partial charge in [-0.2, -0.15) is 13.2 Å². The largest absolute Gasteiger partial charge is 0.496 e. The number of primary amides is 1. The van der Waals surface area contributed by atoms with Gasteiger partial charge in [0.25, 0.3) is 0 Å². The molecule has 0 fully saturated rings. The molecule has 4 N–H and O–H groups in total. The van der Waals surface area contributed by atoms with Crippen molar-refractivity contribution in [2.45, 2.75) is 43.9 Å². The normalized spacial score (nSPS) is 14.4. The smallest absolute Gasteiger partial charge is 0.417 e. The summed E-state index contributed by atoms with van der Waals surface area (Å²) < 4.78 is 61.3. The van der Waals surface area contributed by atoms with Crippen LogP contribution in [0.4, 0.5) is 17.6 Å². The van der Waals surface area contributed by atoms with E-state index >= 15 is 0 Å². The predicted octanol–water partition coefficient (Wildman–Crippen LogP) is 4.62. The van der Waals surface area contributed by atoms with Crippen LogP contribution < -0.4 is 10.5 Å². The highest BCUT2D eigenvalue weighted by Gasteiger charge is 2.56. The van der Waals surface area contributed by atoms with Crippen LogP contribution >= 0.6 is 0 Å². The molecule has 3 aromatic rings. The van der Waals surface area contributed by atoms with Crippen molar-refractivity contribution in [2.75, 3.05) is 7.11 Å². The van der Waals surface area contributed by atoms with Crippen molar-refractivity contribution in [3.05, 3.63) is 65.1 Å². The second-order valence-electron chi connectivity index (χ2n) is 8.57. The minimum atomic E-state index is -4.97. The highest BCUT2D eigenvalue weighted by Crippen LogP contribution is 2.45. The Bertz CT molecular complexity index is 1150. The summed E-state index contributed by atoms with van der Waals surface area (Å²) in [5.41, 5.74) is 1.81. The Labute approximate surface area is 182 Å². The fourth-order valence-corrected chi connectivity index (χ4v) is 4.05. The predicted molar refractivity (Wildman–Crippen MR) is 112 cm³/mol. The molecule has 1 amide bonds. The molecule has 0 saturated heterocycles. The van der Waals surface area contributed by atoms with Crippen molar-refractivity contribution in [2.24, 2.45) is 5.73 Å². The molecule has 1 atom stereocenters. The number of ether oxygens (including phenoxy) is 1. The Morgan fingerprint density at radius 1 is 1.12 bits per heavy atom. The number of nitrogens with two attached hydrogens (primary N) is 1. The van der Waals surface area contributed by atoms with E-state index in [1.54, 1.807) is 6.07 Å². The Hall–Kier alpha value is -3.07. The minimum absolute atomic E-state index is 0.128. The second-order valence-corrected chi connectivity index (χ2v) is 8.57. The molecular weight excluding hydrogens is 428 g/mol. The van der Waals surface area contributed by atoms with E-state index in [9.17, 15) is 27.5 Å². The number of halogens is 4. The number of benzene rings is 2. The van der Waals surface area contributed by atoms with Gasteiger partial charge in [-0.3, -0.25) is 4.79 Å². The van der Waals surface area contributed by atoms with Crippen LogP contribution in [0.3, 0.4) is 0 Å². The first kappa shape index (κ1) is 23.6. The van der Waals surface area contributed by atoms with Gasteiger partial charge in [0.15, 0.2) is 5.60 Å². The van der Waals surface area contributed by atoms with Crippen molar-refractivity contribution in [1.82, 2.24) is 4.98 Å². The molecule has 0 spiro atoms. The maximum atomic E-state index is 14.1. The first-order chi connectivity index (χ1) is 14.8. The second kappa shape index (κ2) is 8.12. The molecular formula is C23H24F4N2O3. The van der Waals surface area contributed by atoms with Gasteiger partial charge in [0.2, 0.25) is 5.91 Å². The average Bonchev–Trinajstić information content (AvgIpc) is 3.07. The molecule has 1 heterocycles. The summed E-state index contributed by atoms with van der Waals surface area (Å²) in [7, 11) is 1.34. The van der Waals surface area contributed by atoms with Crippen LogP contribution in [0.1, 0.15) is 41.9 Å². The summed E-state index contributed by atoms with van der Waals surface area (Å²) in [5.74, 6) is -1.06. The summed E-state index contributed by atoms with van der Waals surface area (Å²) in [6.07, 6.45) is -6.48. The number of H-pyrrole nitrogens is 1. The van der Waals surface area contributed by atoms with Gasteiger partial charge in [-0.05, 0) is 53.6 Å². The standard InChI is InChI=1S/C23H24F4N2O3/c1-21(2,17-10-15(24)6-7-19(17)32-3)12-22(31,23(25,26)27)11-16-8-13-4-5-14(20(28)30)9-18(13)29-16/h4-10,29,31H,11-12H2,1-3H3,(H2,28,30). The van der Waals surface area contributed by atoms with E-state index in [2.05, 4.69) is 4.98 Å². The molecule has 0 radical (unpaired) electrons. The molecule has 0 aliphatic rings. The number of carbonyl (C=O) groups excluding carboxylic acids is 1. The molecule has 1 aromatic heterocycles. The van der Waals surface area contributed by atoms with Crippen LogP contribution in [0.2, 0.25) is 0 Å².